The molecule has 1 unspecified atom stereocenters. The van der Waals surface area contributed by atoms with Crippen LogP contribution in [0, 0.1) is 5.41 Å². The fourth-order valence-electron chi connectivity index (χ4n) is 5.54. The molecule has 2 aliphatic rings. The van der Waals surface area contributed by atoms with E-state index >= 15 is 0 Å². The number of anilines is 2. The number of benzene rings is 2. The van der Waals surface area contributed by atoms with Gasteiger partial charge in [-0.05, 0) is 54.9 Å². The van der Waals surface area contributed by atoms with Crippen molar-refractivity contribution in [2.75, 3.05) is 36.9 Å². The zero-order valence-electron chi connectivity index (χ0n) is 22.5. The van der Waals surface area contributed by atoms with Gasteiger partial charge in [-0.2, -0.15) is 23.1 Å². The quantitative estimate of drug-likeness (QED) is 0.349. The lowest BCUT2D eigenvalue weighted by molar-refractivity contribution is -0.198. The first-order chi connectivity index (χ1) is 19.5. The summed E-state index contributed by atoms with van der Waals surface area (Å²) < 4.78 is 53.4. The van der Waals surface area contributed by atoms with E-state index in [2.05, 4.69) is 15.3 Å². The molecule has 0 amide bonds. The molecule has 4 N–H and O–H groups in total. The predicted octanol–water partition coefficient (Wildman–Crippen LogP) is 4.84. The van der Waals surface area contributed by atoms with Gasteiger partial charge in [-0.15, -0.1) is 0 Å². The van der Waals surface area contributed by atoms with Gasteiger partial charge in [-0.3, -0.25) is 4.79 Å². The molecule has 41 heavy (non-hydrogen) atoms. The van der Waals surface area contributed by atoms with E-state index in [4.69, 9.17) is 15.2 Å². The molecular formula is C29H32F3N5O4. The van der Waals surface area contributed by atoms with Crippen LogP contribution in [0.5, 0.6) is 11.6 Å². The molecule has 2 aliphatic heterocycles. The van der Waals surface area contributed by atoms with Crippen molar-refractivity contribution in [2.24, 2.45) is 5.41 Å². The average Bonchev–Trinajstić information content (AvgIpc) is 3.36. The second kappa shape index (κ2) is 11.4. The van der Waals surface area contributed by atoms with Crippen LogP contribution in [0.2, 0.25) is 0 Å². The molecule has 2 fully saturated rings. The topological polar surface area (TPSA) is 123 Å². The van der Waals surface area contributed by atoms with Crippen LogP contribution in [-0.4, -0.2) is 59.5 Å². The largest absolute Gasteiger partial charge is 0.494 e. The van der Waals surface area contributed by atoms with E-state index in [1.54, 1.807) is 12.1 Å². The Labute approximate surface area is 235 Å². The molecule has 2 saturated heterocycles. The van der Waals surface area contributed by atoms with Gasteiger partial charge in [0.1, 0.15) is 17.6 Å². The number of nitrogens with one attached hydrogen (secondary N) is 1. The monoisotopic (exact) mass is 571 g/mol. The van der Waals surface area contributed by atoms with Crippen LogP contribution in [0.25, 0.3) is 11.1 Å². The lowest BCUT2D eigenvalue weighted by Gasteiger charge is -2.39. The van der Waals surface area contributed by atoms with Crippen molar-refractivity contribution in [3.8, 4) is 22.8 Å². The zero-order valence-corrected chi connectivity index (χ0v) is 22.5. The number of hydrogen-bond acceptors (Lipinski definition) is 8. The molecule has 5 rings (SSSR count). The number of aliphatic carboxylic acids is 1. The molecule has 1 spiro atoms. The van der Waals surface area contributed by atoms with Gasteiger partial charge in [-0.1, -0.05) is 36.4 Å². The molecule has 0 bridgehead atoms. The van der Waals surface area contributed by atoms with Crippen LogP contribution in [0.15, 0.2) is 54.6 Å². The van der Waals surface area contributed by atoms with E-state index in [1.165, 1.54) is 18.2 Å². The fourth-order valence-corrected chi connectivity index (χ4v) is 5.54. The van der Waals surface area contributed by atoms with Gasteiger partial charge in [0.05, 0.1) is 6.61 Å². The van der Waals surface area contributed by atoms with Crippen LogP contribution in [0.3, 0.4) is 0 Å². The molecule has 2 atom stereocenters. The highest BCUT2D eigenvalue weighted by atomic mass is 19.4. The van der Waals surface area contributed by atoms with E-state index in [9.17, 15) is 23.1 Å². The first-order valence-corrected chi connectivity index (χ1v) is 13.5. The number of alkyl halides is 3. The first kappa shape index (κ1) is 28.5. The van der Waals surface area contributed by atoms with E-state index < -0.39 is 24.3 Å². The molecule has 0 aliphatic carbocycles. The second-order valence-corrected chi connectivity index (χ2v) is 10.5. The van der Waals surface area contributed by atoms with Gasteiger partial charge in [0.2, 0.25) is 17.9 Å². The molecule has 0 saturated carbocycles. The summed E-state index contributed by atoms with van der Waals surface area (Å²) in [5.74, 6) is -0.250. The number of halogens is 3. The maximum atomic E-state index is 14.2. The van der Waals surface area contributed by atoms with Crippen LogP contribution >= 0.6 is 0 Å². The third-order valence-corrected chi connectivity index (χ3v) is 7.76. The lowest BCUT2D eigenvalue weighted by atomic mass is 9.76. The number of ether oxygens (including phenoxy) is 2. The smallest absolute Gasteiger partial charge is 0.429 e. The highest BCUT2D eigenvalue weighted by Gasteiger charge is 2.45. The fraction of sp³-hybridized carbons (Fsp3) is 0.414. The minimum absolute atomic E-state index is 0.0763. The summed E-state index contributed by atoms with van der Waals surface area (Å²) in [6.07, 6.45) is -5.00. The Hall–Kier alpha value is -4.06. The third kappa shape index (κ3) is 6.48. The number of carbonyl (C=O) groups is 1. The van der Waals surface area contributed by atoms with E-state index in [0.29, 0.717) is 44.2 Å². The number of nitrogens with zero attached hydrogens (tertiary/aromatic N) is 3. The van der Waals surface area contributed by atoms with Gasteiger partial charge < -0.3 is 30.5 Å². The normalized spacial score (nSPS) is 19.2. The SMILES string of the molecule is CCOc1ccc(-c2ccc(C(Oc3cc(N4CCC5(CC4)CN[C@H](C(=O)O)C5)nc(N)n3)C(F)(F)F)cc2)cc1. The van der Waals surface area contributed by atoms with Crippen LogP contribution in [0.4, 0.5) is 24.9 Å². The van der Waals surface area contributed by atoms with Crippen molar-refractivity contribution >= 4 is 17.7 Å². The maximum Gasteiger partial charge on any atom is 0.429 e. The molecule has 3 heterocycles. The summed E-state index contributed by atoms with van der Waals surface area (Å²) in [7, 11) is 0. The van der Waals surface area contributed by atoms with Gasteiger partial charge >= 0.3 is 12.1 Å². The van der Waals surface area contributed by atoms with Crippen molar-refractivity contribution in [3.63, 3.8) is 0 Å². The van der Waals surface area contributed by atoms with Gasteiger partial charge in [0, 0.05) is 31.3 Å². The molecule has 2 aromatic carbocycles. The number of nitrogens with two attached hydrogens (primary N) is 1. The van der Waals surface area contributed by atoms with Crippen molar-refractivity contribution in [1.82, 2.24) is 15.3 Å². The number of piperidine rings is 1. The minimum atomic E-state index is -4.71. The van der Waals surface area contributed by atoms with E-state index in [0.717, 1.165) is 24.0 Å². The Morgan fingerprint density at radius 2 is 1.76 bits per heavy atom. The van der Waals surface area contributed by atoms with Crippen LogP contribution in [0.1, 0.15) is 37.9 Å². The van der Waals surface area contributed by atoms with Crippen LogP contribution in [-0.2, 0) is 4.79 Å². The maximum absolute atomic E-state index is 14.2. The summed E-state index contributed by atoms with van der Waals surface area (Å²) in [6, 6.07) is 14.1. The first-order valence-electron chi connectivity index (χ1n) is 13.5. The summed E-state index contributed by atoms with van der Waals surface area (Å²) in [5.41, 5.74) is 7.26. The Balaban J connectivity index is 1.30. The molecular weight excluding hydrogens is 539 g/mol. The molecule has 1 aromatic heterocycles. The number of aromatic nitrogens is 2. The number of rotatable bonds is 8. The number of nitrogen functional groups attached to an aromatic ring is 1. The third-order valence-electron chi connectivity index (χ3n) is 7.76. The summed E-state index contributed by atoms with van der Waals surface area (Å²) in [5, 5.41) is 12.4. The number of hydrogen-bond donors (Lipinski definition) is 3. The van der Waals surface area contributed by atoms with Gasteiger partial charge in [0.15, 0.2) is 0 Å². The molecule has 218 valence electrons. The van der Waals surface area contributed by atoms with E-state index in [-0.39, 0.29) is 22.8 Å². The summed E-state index contributed by atoms with van der Waals surface area (Å²) >= 11 is 0. The van der Waals surface area contributed by atoms with Crippen molar-refractivity contribution in [3.05, 3.63) is 60.2 Å². The lowest BCUT2D eigenvalue weighted by Crippen LogP contribution is -2.41. The van der Waals surface area contributed by atoms with Crippen LogP contribution < -0.4 is 25.4 Å². The highest BCUT2D eigenvalue weighted by Crippen LogP contribution is 2.41. The van der Waals surface area contributed by atoms with Crippen molar-refractivity contribution in [1.29, 1.82) is 0 Å². The Morgan fingerprint density at radius 3 is 2.32 bits per heavy atom. The Morgan fingerprint density at radius 1 is 1.12 bits per heavy atom. The zero-order chi connectivity index (χ0) is 29.2. The second-order valence-electron chi connectivity index (χ2n) is 10.5. The standard InChI is InChI=1S/C29H32F3N5O4/c1-2-40-21-9-7-19(8-10-21)18-3-5-20(6-4-18)25(29(30,31)32)41-24-15-23(35-27(33)36-24)37-13-11-28(12-14-37)16-22(26(38)39)34-17-28/h3-10,15,22,25,34H,2,11-14,16-17H2,1H3,(H,38,39)(H2,33,35,36)/t22-,25?/m0/s1. The predicted molar refractivity (Wildman–Crippen MR) is 147 cm³/mol. The Bertz CT molecular complexity index is 1360. The highest BCUT2D eigenvalue weighted by molar-refractivity contribution is 5.74. The molecule has 3 aromatic rings. The molecule has 12 heteroatoms. The van der Waals surface area contributed by atoms with Crippen molar-refractivity contribution in [2.45, 2.75) is 44.5 Å². The molecule has 9 nitrogen and oxygen atoms in total. The van der Waals surface area contributed by atoms with Gasteiger partial charge in [-0.25, -0.2) is 0 Å². The molecule has 0 radical (unpaired) electrons. The van der Waals surface area contributed by atoms with E-state index in [1.807, 2.05) is 36.1 Å². The average molecular weight is 572 g/mol. The number of carboxylic acid groups (broad SMARTS) is 1. The van der Waals surface area contributed by atoms with Gasteiger partial charge in [0.25, 0.3) is 0 Å². The summed E-state index contributed by atoms with van der Waals surface area (Å²) in [4.78, 5) is 21.4. The van der Waals surface area contributed by atoms with Crippen molar-refractivity contribution < 1.29 is 32.5 Å². The summed E-state index contributed by atoms with van der Waals surface area (Å²) in [6.45, 7) is 4.15. The Kier molecular flexibility index (Phi) is 7.94. The number of carboxylic acids is 1. The minimum Gasteiger partial charge on any atom is -0.494 e.